The maximum Gasteiger partial charge on any atom is 0.237 e. The van der Waals surface area contributed by atoms with Crippen molar-refractivity contribution in [3.8, 4) is 0 Å². The second-order valence-corrected chi connectivity index (χ2v) is 5.00. The molecule has 4 unspecified atom stereocenters. The number of ether oxygens (including phenoxy) is 2. The van der Waals surface area contributed by atoms with Crippen LogP contribution in [-0.2, 0) is 14.3 Å². The summed E-state index contributed by atoms with van der Waals surface area (Å²) in [5.41, 5.74) is 5.74. The van der Waals surface area contributed by atoms with Gasteiger partial charge in [0, 0.05) is 26.2 Å². The lowest BCUT2D eigenvalue weighted by molar-refractivity contribution is -0.123. The van der Waals surface area contributed by atoms with Crippen molar-refractivity contribution in [2.75, 3.05) is 20.3 Å². The van der Waals surface area contributed by atoms with Crippen LogP contribution in [0.4, 0.5) is 0 Å². The van der Waals surface area contributed by atoms with Gasteiger partial charge in [-0.05, 0) is 25.7 Å². The topological polar surface area (TPSA) is 73.6 Å². The first-order valence-corrected chi connectivity index (χ1v) is 6.38. The molecule has 5 heteroatoms. The Kier molecular flexibility index (Phi) is 4.36. The van der Waals surface area contributed by atoms with E-state index in [2.05, 4.69) is 5.32 Å². The van der Waals surface area contributed by atoms with Gasteiger partial charge in [-0.3, -0.25) is 4.79 Å². The number of nitrogens with one attached hydrogen (secondary N) is 1. The van der Waals surface area contributed by atoms with Crippen molar-refractivity contribution < 1.29 is 14.3 Å². The van der Waals surface area contributed by atoms with Crippen LogP contribution in [-0.4, -0.2) is 44.4 Å². The molecule has 4 atom stereocenters. The number of amides is 1. The fourth-order valence-corrected chi connectivity index (χ4v) is 2.70. The molecule has 2 rings (SSSR count). The number of fused-ring (bicyclic) bond motifs is 2. The normalized spacial score (nSPS) is 32.7. The van der Waals surface area contributed by atoms with Gasteiger partial charge in [0.25, 0.3) is 0 Å². The van der Waals surface area contributed by atoms with Crippen LogP contribution in [0, 0.1) is 5.92 Å². The molecule has 0 aromatic heterocycles. The van der Waals surface area contributed by atoms with Crippen LogP contribution < -0.4 is 11.1 Å². The Morgan fingerprint density at radius 2 is 2.41 bits per heavy atom. The monoisotopic (exact) mass is 242 g/mol. The first kappa shape index (κ1) is 12.8. The molecule has 2 aliphatic heterocycles. The van der Waals surface area contributed by atoms with Crippen LogP contribution in [0.25, 0.3) is 0 Å². The molecule has 2 bridgehead atoms. The molecule has 0 radical (unpaired) electrons. The zero-order valence-electron chi connectivity index (χ0n) is 10.4. The third-order valence-electron chi connectivity index (χ3n) is 3.74. The van der Waals surface area contributed by atoms with E-state index in [1.54, 1.807) is 7.11 Å². The standard InChI is InChI=1S/C12H22N2O3/c1-16-5-4-10(13)12(15)14-7-8-6-9-2-3-11(8)17-9/h8-11H,2-7,13H2,1H3,(H,14,15). The van der Waals surface area contributed by atoms with Gasteiger partial charge in [0.2, 0.25) is 5.91 Å². The quantitative estimate of drug-likeness (QED) is 0.689. The zero-order valence-corrected chi connectivity index (χ0v) is 10.4. The Hall–Kier alpha value is -0.650. The molecule has 17 heavy (non-hydrogen) atoms. The average molecular weight is 242 g/mol. The van der Waals surface area contributed by atoms with Gasteiger partial charge < -0.3 is 20.5 Å². The van der Waals surface area contributed by atoms with E-state index in [1.165, 1.54) is 6.42 Å². The molecule has 0 spiro atoms. The van der Waals surface area contributed by atoms with Crippen LogP contribution in [0.1, 0.15) is 25.7 Å². The van der Waals surface area contributed by atoms with Crippen molar-refractivity contribution in [3.63, 3.8) is 0 Å². The maximum atomic E-state index is 11.7. The summed E-state index contributed by atoms with van der Waals surface area (Å²) in [6, 6.07) is -0.463. The van der Waals surface area contributed by atoms with Gasteiger partial charge >= 0.3 is 0 Å². The first-order valence-electron chi connectivity index (χ1n) is 6.38. The molecule has 3 N–H and O–H groups in total. The molecule has 0 aromatic carbocycles. The lowest BCUT2D eigenvalue weighted by Crippen LogP contribution is -2.44. The third-order valence-corrected chi connectivity index (χ3v) is 3.74. The van der Waals surface area contributed by atoms with Crippen molar-refractivity contribution in [1.29, 1.82) is 0 Å². The van der Waals surface area contributed by atoms with Gasteiger partial charge in [0.1, 0.15) is 0 Å². The van der Waals surface area contributed by atoms with E-state index in [0.29, 0.717) is 37.7 Å². The largest absolute Gasteiger partial charge is 0.385 e. The van der Waals surface area contributed by atoms with Gasteiger partial charge in [-0.2, -0.15) is 0 Å². The SMILES string of the molecule is COCCC(N)C(=O)NCC1CC2CCC1O2. The number of methoxy groups -OCH3 is 1. The minimum atomic E-state index is -0.463. The fraction of sp³-hybridized carbons (Fsp3) is 0.917. The van der Waals surface area contributed by atoms with E-state index in [-0.39, 0.29) is 5.91 Å². The molecule has 2 saturated heterocycles. The molecule has 0 saturated carbocycles. The molecule has 1 amide bonds. The molecule has 2 fully saturated rings. The van der Waals surface area contributed by atoms with E-state index in [9.17, 15) is 4.79 Å². The summed E-state index contributed by atoms with van der Waals surface area (Å²) in [6.45, 7) is 1.21. The molecule has 98 valence electrons. The number of carbonyl (C=O) groups excluding carboxylic acids is 1. The van der Waals surface area contributed by atoms with Gasteiger partial charge in [-0.15, -0.1) is 0 Å². The number of hydrogen-bond donors (Lipinski definition) is 2. The highest BCUT2D eigenvalue weighted by molar-refractivity contribution is 5.81. The summed E-state index contributed by atoms with van der Waals surface area (Å²) in [5.74, 6) is 0.400. The van der Waals surface area contributed by atoms with Crippen molar-refractivity contribution in [2.24, 2.45) is 11.7 Å². The molecule has 0 aliphatic carbocycles. The lowest BCUT2D eigenvalue weighted by Gasteiger charge is -2.20. The van der Waals surface area contributed by atoms with Crippen LogP contribution in [0.15, 0.2) is 0 Å². The Labute approximate surface area is 102 Å². The van der Waals surface area contributed by atoms with Crippen LogP contribution >= 0.6 is 0 Å². The van der Waals surface area contributed by atoms with Crippen molar-refractivity contribution >= 4 is 5.91 Å². The minimum absolute atomic E-state index is 0.0789. The molecule has 5 nitrogen and oxygen atoms in total. The predicted molar refractivity (Wildman–Crippen MR) is 63.5 cm³/mol. The highest BCUT2D eigenvalue weighted by Gasteiger charge is 2.40. The summed E-state index contributed by atoms with van der Waals surface area (Å²) in [6.07, 6.45) is 4.76. The van der Waals surface area contributed by atoms with Crippen LogP contribution in [0.2, 0.25) is 0 Å². The van der Waals surface area contributed by atoms with E-state index in [1.807, 2.05) is 0 Å². The Balaban J connectivity index is 1.66. The van der Waals surface area contributed by atoms with E-state index in [0.717, 1.165) is 12.8 Å². The van der Waals surface area contributed by atoms with Crippen LogP contribution in [0.3, 0.4) is 0 Å². The highest BCUT2D eigenvalue weighted by Crippen LogP contribution is 2.38. The number of carbonyl (C=O) groups is 1. The predicted octanol–water partition coefficient (Wildman–Crippen LogP) is 0.0339. The minimum Gasteiger partial charge on any atom is -0.385 e. The highest BCUT2D eigenvalue weighted by atomic mass is 16.5. The summed E-state index contributed by atoms with van der Waals surface area (Å²) < 4.78 is 10.6. The number of nitrogens with two attached hydrogens (primary N) is 1. The Morgan fingerprint density at radius 3 is 3.00 bits per heavy atom. The van der Waals surface area contributed by atoms with E-state index in [4.69, 9.17) is 15.2 Å². The average Bonchev–Trinajstić information content (AvgIpc) is 2.94. The Morgan fingerprint density at radius 1 is 1.59 bits per heavy atom. The van der Waals surface area contributed by atoms with Gasteiger partial charge in [-0.25, -0.2) is 0 Å². The van der Waals surface area contributed by atoms with Crippen molar-refractivity contribution in [3.05, 3.63) is 0 Å². The summed E-state index contributed by atoms with van der Waals surface area (Å²) in [5, 5.41) is 2.92. The van der Waals surface area contributed by atoms with Gasteiger partial charge in [-0.1, -0.05) is 0 Å². The molecular formula is C12H22N2O3. The first-order chi connectivity index (χ1) is 8.20. The van der Waals surface area contributed by atoms with Crippen molar-refractivity contribution in [1.82, 2.24) is 5.32 Å². The lowest BCUT2D eigenvalue weighted by atomic mass is 9.89. The van der Waals surface area contributed by atoms with Gasteiger partial charge in [0.15, 0.2) is 0 Å². The van der Waals surface area contributed by atoms with Crippen molar-refractivity contribution in [2.45, 2.75) is 43.9 Å². The smallest absolute Gasteiger partial charge is 0.237 e. The fourth-order valence-electron chi connectivity index (χ4n) is 2.70. The van der Waals surface area contributed by atoms with E-state index >= 15 is 0 Å². The summed E-state index contributed by atoms with van der Waals surface area (Å²) in [7, 11) is 1.61. The Bertz CT molecular complexity index is 272. The second kappa shape index (κ2) is 5.80. The zero-order chi connectivity index (χ0) is 12.3. The molecule has 2 aliphatic rings. The number of hydrogen-bond acceptors (Lipinski definition) is 4. The summed E-state index contributed by atoms with van der Waals surface area (Å²) >= 11 is 0. The number of rotatable bonds is 6. The maximum absolute atomic E-state index is 11.7. The second-order valence-electron chi connectivity index (χ2n) is 5.00. The summed E-state index contributed by atoms with van der Waals surface area (Å²) in [4.78, 5) is 11.7. The van der Waals surface area contributed by atoms with Gasteiger partial charge in [0.05, 0.1) is 18.2 Å². The molecular weight excluding hydrogens is 220 g/mol. The molecule has 0 aromatic rings. The van der Waals surface area contributed by atoms with Crippen LogP contribution in [0.5, 0.6) is 0 Å². The molecule has 2 heterocycles. The van der Waals surface area contributed by atoms with E-state index < -0.39 is 6.04 Å². The third kappa shape index (κ3) is 3.18.